The minimum atomic E-state index is -3.15. The molecule has 1 heterocycles. The number of rotatable bonds is 7. The Morgan fingerprint density at radius 1 is 1.35 bits per heavy atom. The average Bonchev–Trinajstić information content (AvgIpc) is 2.30. The van der Waals surface area contributed by atoms with Crippen LogP contribution in [0.4, 0.5) is 0 Å². The van der Waals surface area contributed by atoms with Gasteiger partial charge in [-0.1, -0.05) is 6.92 Å². The van der Waals surface area contributed by atoms with E-state index in [0.29, 0.717) is 19.5 Å². The Balaban J connectivity index is 2.51. The number of nitrogens with one attached hydrogen (secondary N) is 1. The van der Waals surface area contributed by atoms with E-state index in [1.165, 1.54) is 4.31 Å². The largest absolute Gasteiger partial charge is 0.396 e. The van der Waals surface area contributed by atoms with Crippen LogP contribution in [-0.4, -0.2) is 56.4 Å². The van der Waals surface area contributed by atoms with E-state index in [9.17, 15) is 8.42 Å². The van der Waals surface area contributed by atoms with E-state index >= 15 is 0 Å². The van der Waals surface area contributed by atoms with Crippen molar-refractivity contribution in [3.05, 3.63) is 0 Å². The van der Waals surface area contributed by atoms with Crippen molar-refractivity contribution in [3.8, 4) is 0 Å². The molecule has 0 aromatic rings. The Kier molecular flexibility index (Phi) is 6.40. The highest BCUT2D eigenvalue weighted by Gasteiger charge is 2.25. The van der Waals surface area contributed by atoms with Crippen molar-refractivity contribution in [3.63, 3.8) is 0 Å². The molecule has 0 bridgehead atoms. The fourth-order valence-electron chi connectivity index (χ4n) is 2.19. The summed E-state index contributed by atoms with van der Waals surface area (Å²) >= 11 is 0. The molecule has 0 saturated carbocycles. The van der Waals surface area contributed by atoms with E-state index in [2.05, 4.69) is 5.32 Å². The van der Waals surface area contributed by atoms with Crippen LogP contribution in [0.5, 0.6) is 0 Å². The monoisotopic (exact) mass is 264 g/mol. The topological polar surface area (TPSA) is 69.6 Å². The van der Waals surface area contributed by atoms with Crippen molar-refractivity contribution < 1.29 is 13.5 Å². The summed E-state index contributed by atoms with van der Waals surface area (Å²) in [5.41, 5.74) is 0. The summed E-state index contributed by atoms with van der Waals surface area (Å²) in [6.45, 7) is 4.65. The van der Waals surface area contributed by atoms with Gasteiger partial charge in [-0.2, -0.15) is 0 Å². The number of hydrogen-bond donors (Lipinski definition) is 2. The highest BCUT2D eigenvalue weighted by molar-refractivity contribution is 7.89. The van der Waals surface area contributed by atoms with Gasteiger partial charge in [0.15, 0.2) is 0 Å². The van der Waals surface area contributed by atoms with E-state index in [0.717, 1.165) is 25.9 Å². The molecule has 0 amide bonds. The van der Waals surface area contributed by atoms with Gasteiger partial charge in [0.25, 0.3) is 0 Å². The fourth-order valence-corrected chi connectivity index (χ4v) is 4.13. The third kappa shape index (κ3) is 4.91. The molecule has 1 fully saturated rings. The van der Waals surface area contributed by atoms with Gasteiger partial charge in [0.2, 0.25) is 10.0 Å². The summed E-state index contributed by atoms with van der Waals surface area (Å²) in [4.78, 5) is 0. The fraction of sp³-hybridized carbons (Fsp3) is 1.00. The summed E-state index contributed by atoms with van der Waals surface area (Å²) in [6, 6.07) is 0. The van der Waals surface area contributed by atoms with Crippen LogP contribution in [0.3, 0.4) is 0 Å². The molecule has 6 heteroatoms. The molecule has 5 nitrogen and oxygen atoms in total. The first-order chi connectivity index (χ1) is 8.10. The van der Waals surface area contributed by atoms with Gasteiger partial charge in [-0.05, 0) is 38.3 Å². The van der Waals surface area contributed by atoms with E-state index in [1.54, 1.807) is 0 Å². The maximum absolute atomic E-state index is 12.2. The number of piperidine rings is 1. The van der Waals surface area contributed by atoms with Gasteiger partial charge in [-0.25, -0.2) is 12.7 Å². The molecule has 1 saturated heterocycles. The number of aliphatic hydroxyl groups excluding tert-OH is 1. The minimum absolute atomic E-state index is 0.0410. The molecule has 102 valence electrons. The predicted octanol–water partition coefficient (Wildman–Crippen LogP) is 0.0201. The molecule has 1 aliphatic rings. The maximum atomic E-state index is 12.2. The summed E-state index contributed by atoms with van der Waals surface area (Å²) in [6.07, 6.45) is 2.40. The zero-order chi connectivity index (χ0) is 12.7. The van der Waals surface area contributed by atoms with Crippen molar-refractivity contribution in [2.45, 2.75) is 26.2 Å². The lowest BCUT2D eigenvalue weighted by Gasteiger charge is -2.26. The molecule has 1 rings (SSSR count). The molecule has 1 aliphatic heterocycles. The second-order valence-corrected chi connectivity index (χ2v) is 6.55. The summed E-state index contributed by atoms with van der Waals surface area (Å²) in [7, 11) is -3.15. The average molecular weight is 264 g/mol. The molecule has 0 unspecified atom stereocenters. The van der Waals surface area contributed by atoms with Gasteiger partial charge in [-0.15, -0.1) is 0 Å². The van der Waals surface area contributed by atoms with Crippen LogP contribution in [0.2, 0.25) is 0 Å². The smallest absolute Gasteiger partial charge is 0.214 e. The van der Waals surface area contributed by atoms with Gasteiger partial charge >= 0.3 is 0 Å². The van der Waals surface area contributed by atoms with Crippen LogP contribution in [0.25, 0.3) is 0 Å². The Labute approximate surface area is 104 Å². The zero-order valence-corrected chi connectivity index (χ0v) is 11.4. The van der Waals surface area contributed by atoms with Crippen molar-refractivity contribution in [1.82, 2.24) is 9.62 Å². The lowest BCUT2D eigenvalue weighted by atomic mass is 10.0. The summed E-state index contributed by atoms with van der Waals surface area (Å²) < 4.78 is 25.8. The molecule has 0 aromatic carbocycles. The third-order valence-electron chi connectivity index (χ3n) is 3.22. The second-order valence-electron chi connectivity index (χ2n) is 4.54. The highest BCUT2D eigenvalue weighted by atomic mass is 32.2. The van der Waals surface area contributed by atoms with Crippen LogP contribution in [0.1, 0.15) is 26.2 Å². The number of hydrogen-bond acceptors (Lipinski definition) is 4. The molecular weight excluding hydrogens is 240 g/mol. The van der Waals surface area contributed by atoms with E-state index in [1.807, 2.05) is 6.92 Å². The first kappa shape index (κ1) is 14.9. The highest BCUT2D eigenvalue weighted by Crippen LogP contribution is 2.16. The quantitative estimate of drug-likeness (QED) is 0.680. The Morgan fingerprint density at radius 3 is 2.53 bits per heavy atom. The number of nitrogens with zero attached hydrogens (tertiary/aromatic N) is 1. The Bertz CT molecular complexity index is 300. The van der Waals surface area contributed by atoms with Crippen LogP contribution >= 0.6 is 0 Å². The lowest BCUT2D eigenvalue weighted by molar-refractivity contribution is 0.270. The van der Waals surface area contributed by atoms with Gasteiger partial charge < -0.3 is 10.4 Å². The molecule has 17 heavy (non-hydrogen) atoms. The molecular formula is C11H24N2O3S. The van der Waals surface area contributed by atoms with Crippen molar-refractivity contribution in [1.29, 1.82) is 0 Å². The first-order valence-corrected chi connectivity index (χ1v) is 8.00. The predicted molar refractivity (Wildman–Crippen MR) is 68.3 cm³/mol. The molecule has 0 radical (unpaired) electrons. The standard InChI is InChI=1S/C11H24N2O3S/c1-2-13(8-3-9-14)17(15,16)10-11-4-6-12-7-5-11/h11-12,14H,2-10H2,1H3. The van der Waals surface area contributed by atoms with Crippen LogP contribution < -0.4 is 5.32 Å². The van der Waals surface area contributed by atoms with E-state index in [-0.39, 0.29) is 18.3 Å². The zero-order valence-electron chi connectivity index (χ0n) is 10.6. The van der Waals surface area contributed by atoms with Gasteiger partial charge in [0.05, 0.1) is 5.75 Å². The molecule has 0 aromatic heterocycles. The number of aliphatic hydroxyl groups is 1. The normalized spacial score (nSPS) is 18.8. The Hall–Kier alpha value is -0.170. The maximum Gasteiger partial charge on any atom is 0.214 e. The number of sulfonamides is 1. The van der Waals surface area contributed by atoms with Crippen LogP contribution in [0, 0.1) is 5.92 Å². The van der Waals surface area contributed by atoms with Crippen LogP contribution in [-0.2, 0) is 10.0 Å². The molecule has 2 N–H and O–H groups in total. The van der Waals surface area contributed by atoms with Crippen molar-refractivity contribution in [2.24, 2.45) is 5.92 Å². The van der Waals surface area contributed by atoms with Gasteiger partial charge in [0.1, 0.15) is 0 Å². The van der Waals surface area contributed by atoms with Crippen molar-refractivity contribution >= 4 is 10.0 Å². The Morgan fingerprint density at radius 2 is 2.00 bits per heavy atom. The van der Waals surface area contributed by atoms with Gasteiger partial charge in [0, 0.05) is 19.7 Å². The van der Waals surface area contributed by atoms with Crippen molar-refractivity contribution in [2.75, 3.05) is 38.5 Å². The lowest BCUT2D eigenvalue weighted by Crippen LogP contribution is -2.39. The minimum Gasteiger partial charge on any atom is -0.396 e. The third-order valence-corrected chi connectivity index (χ3v) is 5.34. The second kappa shape index (κ2) is 7.31. The molecule has 0 aliphatic carbocycles. The van der Waals surface area contributed by atoms with Gasteiger partial charge in [-0.3, -0.25) is 0 Å². The SMILES string of the molecule is CCN(CCCO)S(=O)(=O)CC1CCNCC1. The first-order valence-electron chi connectivity index (χ1n) is 6.39. The molecule has 0 spiro atoms. The summed E-state index contributed by atoms with van der Waals surface area (Å²) in [5, 5.41) is 12.0. The van der Waals surface area contributed by atoms with E-state index < -0.39 is 10.0 Å². The summed E-state index contributed by atoms with van der Waals surface area (Å²) in [5.74, 6) is 0.540. The van der Waals surface area contributed by atoms with Crippen LogP contribution in [0.15, 0.2) is 0 Å². The van der Waals surface area contributed by atoms with E-state index in [4.69, 9.17) is 5.11 Å². The molecule has 0 atom stereocenters.